The van der Waals surface area contributed by atoms with Crippen LogP contribution >= 0.6 is 11.6 Å². The second-order valence-electron chi connectivity index (χ2n) is 7.12. The Morgan fingerprint density at radius 1 is 1.35 bits per heavy atom. The average molecular weight is 454 g/mol. The summed E-state index contributed by atoms with van der Waals surface area (Å²) in [6.07, 6.45) is -3.61. The molecule has 1 aromatic heterocycles. The third-order valence-corrected chi connectivity index (χ3v) is 5.37. The first-order valence-electron chi connectivity index (χ1n) is 9.33. The number of anilines is 3. The molecule has 0 bridgehead atoms. The lowest BCUT2D eigenvalue weighted by molar-refractivity contribution is -0.137. The van der Waals surface area contributed by atoms with Gasteiger partial charge in [0.1, 0.15) is 11.4 Å². The summed E-state index contributed by atoms with van der Waals surface area (Å²) in [6.45, 7) is 0.602. The molecule has 0 amide bonds. The van der Waals surface area contributed by atoms with Crippen molar-refractivity contribution in [3.63, 3.8) is 0 Å². The van der Waals surface area contributed by atoms with Crippen LogP contribution in [0.25, 0.3) is 0 Å². The number of benzene rings is 1. The Labute approximate surface area is 180 Å². The van der Waals surface area contributed by atoms with Gasteiger partial charge >= 0.3 is 13.3 Å². The van der Waals surface area contributed by atoms with Crippen LogP contribution in [0.2, 0.25) is 5.02 Å². The molecule has 2 aliphatic rings. The Morgan fingerprint density at radius 3 is 2.90 bits per heavy atom. The molecular formula is C18H16BClF3N5O3. The second-order valence-corrected chi connectivity index (χ2v) is 7.53. The van der Waals surface area contributed by atoms with Crippen molar-refractivity contribution in [3.8, 4) is 6.07 Å². The molecule has 162 valence electrons. The highest BCUT2D eigenvalue weighted by Crippen LogP contribution is 2.35. The molecule has 1 saturated heterocycles. The van der Waals surface area contributed by atoms with Gasteiger partial charge < -0.3 is 25.0 Å². The maximum atomic E-state index is 13.5. The summed E-state index contributed by atoms with van der Waals surface area (Å²) in [5.41, 5.74) is 0.457. The van der Waals surface area contributed by atoms with Crippen molar-refractivity contribution in [1.29, 1.82) is 5.26 Å². The fourth-order valence-electron chi connectivity index (χ4n) is 3.49. The van der Waals surface area contributed by atoms with Gasteiger partial charge in [0.05, 0.1) is 31.2 Å². The number of hydrogen-bond donors (Lipinski definition) is 3. The van der Waals surface area contributed by atoms with Crippen LogP contribution in [0.1, 0.15) is 17.5 Å². The number of rotatable bonds is 4. The van der Waals surface area contributed by atoms with Crippen molar-refractivity contribution in [2.45, 2.75) is 25.2 Å². The van der Waals surface area contributed by atoms with Crippen molar-refractivity contribution < 1.29 is 27.6 Å². The van der Waals surface area contributed by atoms with Crippen molar-refractivity contribution >= 4 is 41.6 Å². The summed E-state index contributed by atoms with van der Waals surface area (Å²) < 4.78 is 50.9. The second kappa shape index (κ2) is 8.51. The van der Waals surface area contributed by atoms with Crippen LogP contribution in [-0.4, -0.2) is 41.4 Å². The highest BCUT2D eigenvalue weighted by Gasteiger charge is 2.37. The molecule has 13 heteroatoms. The highest BCUT2D eigenvalue weighted by molar-refractivity contribution is 6.65. The number of nitrogens with one attached hydrogen (secondary N) is 2. The van der Waals surface area contributed by atoms with Gasteiger partial charge in [0.2, 0.25) is 5.95 Å². The van der Waals surface area contributed by atoms with Crippen LogP contribution in [0.15, 0.2) is 18.3 Å². The van der Waals surface area contributed by atoms with E-state index in [1.165, 1.54) is 6.07 Å². The molecule has 2 aromatic rings. The maximum Gasteiger partial charge on any atom is 0.493 e. The van der Waals surface area contributed by atoms with Gasteiger partial charge in [-0.3, -0.25) is 0 Å². The van der Waals surface area contributed by atoms with Crippen molar-refractivity contribution in [2.24, 2.45) is 5.92 Å². The van der Waals surface area contributed by atoms with E-state index in [9.17, 15) is 23.5 Å². The molecule has 0 aliphatic carbocycles. The molecule has 1 aromatic carbocycles. The third-order valence-electron chi connectivity index (χ3n) is 5.05. The van der Waals surface area contributed by atoms with E-state index < -0.39 is 36.6 Å². The van der Waals surface area contributed by atoms with Gasteiger partial charge in [-0.15, -0.1) is 0 Å². The van der Waals surface area contributed by atoms with E-state index in [1.54, 1.807) is 6.07 Å². The Hall–Kier alpha value is -2.59. The van der Waals surface area contributed by atoms with Crippen molar-refractivity contribution in [2.75, 3.05) is 23.8 Å². The topological polar surface area (TPSA) is 112 Å². The molecule has 2 atom stereocenters. The Balaban J connectivity index is 1.63. The molecule has 8 nitrogen and oxygen atoms in total. The van der Waals surface area contributed by atoms with Gasteiger partial charge in [-0.1, -0.05) is 11.6 Å². The molecule has 3 heterocycles. The van der Waals surface area contributed by atoms with Crippen LogP contribution < -0.4 is 16.1 Å². The summed E-state index contributed by atoms with van der Waals surface area (Å²) >= 11 is 6.19. The monoisotopic (exact) mass is 453 g/mol. The third kappa shape index (κ3) is 4.55. The molecule has 1 fully saturated rings. The molecule has 0 spiro atoms. The van der Waals surface area contributed by atoms with Gasteiger partial charge in [0.25, 0.3) is 0 Å². The highest BCUT2D eigenvalue weighted by atomic mass is 35.5. The van der Waals surface area contributed by atoms with Gasteiger partial charge in [-0.05, 0) is 24.1 Å². The number of halogens is 4. The van der Waals surface area contributed by atoms with Crippen molar-refractivity contribution in [3.05, 3.63) is 34.5 Å². The number of fused-ring (bicyclic) bond motifs is 1. The van der Waals surface area contributed by atoms with E-state index in [1.807, 2.05) is 0 Å². The predicted molar refractivity (Wildman–Crippen MR) is 106 cm³/mol. The number of alkyl halides is 3. The molecule has 0 saturated carbocycles. The molecule has 2 aliphatic heterocycles. The molecule has 0 radical (unpaired) electrons. The van der Waals surface area contributed by atoms with Gasteiger partial charge in [-0.25, -0.2) is 4.98 Å². The first-order chi connectivity index (χ1) is 14.8. The lowest BCUT2D eigenvalue weighted by Gasteiger charge is -2.29. The maximum absolute atomic E-state index is 13.5. The molecule has 3 N–H and O–H groups in total. The summed E-state index contributed by atoms with van der Waals surface area (Å²) in [5.74, 6) is -1.06. The van der Waals surface area contributed by atoms with E-state index >= 15 is 0 Å². The van der Waals surface area contributed by atoms with Crippen molar-refractivity contribution in [1.82, 2.24) is 9.97 Å². The number of aromatic nitrogens is 2. The molecular weight excluding hydrogens is 437 g/mol. The zero-order chi connectivity index (χ0) is 22.2. The quantitative estimate of drug-likeness (QED) is 0.605. The van der Waals surface area contributed by atoms with Gasteiger partial charge in [0.15, 0.2) is 0 Å². The number of hydrogen-bond acceptors (Lipinski definition) is 8. The first-order valence-corrected chi connectivity index (χ1v) is 9.71. The molecule has 0 unspecified atom stereocenters. The zero-order valence-electron chi connectivity index (χ0n) is 15.9. The standard InChI is InChI=1S/C18H16BClF3N5O3/c20-13-4-11(3-10-7-31-19(29)15(10)13)26-17-25-6-12(18(21,22)23)16(28-17)27-14-8-30-2-1-9(14)5-24/h3-4,6,9,14,29H,1-2,7-8H2,(H2,25,26,27,28)/t9-,14+/m0/s1. The normalized spacial score (nSPS) is 20.8. The van der Waals surface area contributed by atoms with E-state index in [4.69, 9.17) is 21.0 Å². The summed E-state index contributed by atoms with van der Waals surface area (Å²) in [7, 11) is -1.12. The fourth-order valence-corrected chi connectivity index (χ4v) is 3.83. The first kappa shape index (κ1) is 21.6. The minimum Gasteiger partial charge on any atom is -0.423 e. The summed E-state index contributed by atoms with van der Waals surface area (Å²) in [4.78, 5) is 7.76. The fraction of sp³-hybridized carbons (Fsp3) is 0.389. The summed E-state index contributed by atoms with van der Waals surface area (Å²) in [6, 6.07) is 4.59. The summed E-state index contributed by atoms with van der Waals surface area (Å²) in [5, 5.41) is 24.8. The van der Waals surface area contributed by atoms with Crippen LogP contribution in [0, 0.1) is 17.2 Å². The SMILES string of the molecule is N#C[C@@H]1CCOC[C@H]1Nc1nc(Nc2cc(Cl)c3c(c2)COB3O)ncc1C(F)(F)F. The predicted octanol–water partition coefficient (Wildman–Crippen LogP) is 2.45. The van der Waals surface area contributed by atoms with E-state index in [2.05, 4.69) is 26.7 Å². The van der Waals surface area contributed by atoms with Crippen LogP contribution in [-0.2, 0) is 22.2 Å². The minimum absolute atomic E-state index is 0.0883. The molecule has 31 heavy (non-hydrogen) atoms. The Kier molecular flexibility index (Phi) is 5.94. The van der Waals surface area contributed by atoms with E-state index in [-0.39, 0.29) is 24.2 Å². The van der Waals surface area contributed by atoms with Crippen LogP contribution in [0.5, 0.6) is 0 Å². The molecule has 4 rings (SSSR count). The zero-order valence-corrected chi connectivity index (χ0v) is 16.7. The lowest BCUT2D eigenvalue weighted by Crippen LogP contribution is -2.38. The largest absolute Gasteiger partial charge is 0.493 e. The smallest absolute Gasteiger partial charge is 0.423 e. The van der Waals surface area contributed by atoms with E-state index in [0.717, 1.165) is 0 Å². The van der Waals surface area contributed by atoms with E-state index in [0.29, 0.717) is 35.9 Å². The number of nitriles is 1. The number of nitrogens with zero attached hydrogens (tertiary/aromatic N) is 3. The van der Waals surface area contributed by atoms with Crippen LogP contribution in [0.4, 0.5) is 30.6 Å². The number of ether oxygens (including phenoxy) is 1. The average Bonchev–Trinajstić information content (AvgIpc) is 3.09. The van der Waals surface area contributed by atoms with Gasteiger partial charge in [-0.2, -0.15) is 23.4 Å². The van der Waals surface area contributed by atoms with Gasteiger partial charge in [0, 0.05) is 29.0 Å². The minimum atomic E-state index is -4.69. The Morgan fingerprint density at radius 2 is 2.16 bits per heavy atom. The Bertz CT molecular complexity index is 1040. The van der Waals surface area contributed by atoms with Crippen LogP contribution in [0.3, 0.4) is 0 Å². The lowest BCUT2D eigenvalue weighted by atomic mass is 9.79.